The molecule has 134 valence electrons. The van der Waals surface area contributed by atoms with Gasteiger partial charge in [0, 0.05) is 49.8 Å². The summed E-state index contributed by atoms with van der Waals surface area (Å²) in [5.74, 6) is 1.98. The maximum atomic E-state index is 5.71. The number of ether oxygens (including phenoxy) is 2. The van der Waals surface area contributed by atoms with Crippen molar-refractivity contribution in [2.24, 2.45) is 0 Å². The molecule has 2 aliphatic heterocycles. The van der Waals surface area contributed by atoms with Gasteiger partial charge in [-0.05, 0) is 43.9 Å². The van der Waals surface area contributed by atoms with Crippen molar-refractivity contribution in [1.29, 1.82) is 0 Å². The lowest BCUT2D eigenvalue weighted by Crippen LogP contribution is -2.27. The highest BCUT2D eigenvalue weighted by Gasteiger charge is 2.19. The summed E-state index contributed by atoms with van der Waals surface area (Å²) in [6.45, 7) is 4.86. The van der Waals surface area contributed by atoms with Crippen molar-refractivity contribution in [3.05, 3.63) is 29.8 Å². The lowest BCUT2D eigenvalue weighted by atomic mass is 10.1. The summed E-state index contributed by atoms with van der Waals surface area (Å²) < 4.78 is 11.1. The van der Waals surface area contributed by atoms with E-state index in [9.17, 15) is 0 Å². The molecule has 1 aromatic heterocycles. The highest BCUT2D eigenvalue weighted by atomic mass is 16.5. The number of rotatable bonds is 6. The number of methoxy groups -OCH3 is 1. The minimum absolute atomic E-state index is 0.368. The Balaban J connectivity index is 1.58. The van der Waals surface area contributed by atoms with Gasteiger partial charge in [0.15, 0.2) is 0 Å². The molecule has 3 heterocycles. The smallest absolute Gasteiger partial charge is 0.133 e. The van der Waals surface area contributed by atoms with Crippen LogP contribution in [0, 0.1) is 0 Å². The van der Waals surface area contributed by atoms with E-state index in [4.69, 9.17) is 14.5 Å². The van der Waals surface area contributed by atoms with Gasteiger partial charge in [-0.25, -0.2) is 4.98 Å². The topological polar surface area (TPSA) is 46.6 Å². The second-order valence-corrected chi connectivity index (χ2v) is 6.99. The van der Waals surface area contributed by atoms with Crippen molar-refractivity contribution in [2.75, 3.05) is 38.3 Å². The van der Waals surface area contributed by atoms with E-state index < -0.39 is 0 Å². The van der Waals surface area contributed by atoms with Crippen LogP contribution in [0.5, 0.6) is 5.75 Å². The van der Waals surface area contributed by atoms with E-state index in [1.807, 2.05) is 12.1 Å². The van der Waals surface area contributed by atoms with Gasteiger partial charge in [0.25, 0.3) is 0 Å². The normalized spacial score (nSPS) is 20.5. The minimum Gasteiger partial charge on any atom is -0.497 e. The van der Waals surface area contributed by atoms with Gasteiger partial charge < -0.3 is 19.7 Å². The molecule has 25 heavy (non-hydrogen) atoms. The number of anilines is 1. The van der Waals surface area contributed by atoms with Gasteiger partial charge >= 0.3 is 0 Å². The fraction of sp³-hybridized carbons (Fsp3) is 0.550. The van der Waals surface area contributed by atoms with Crippen LogP contribution in [0.2, 0.25) is 0 Å². The molecule has 0 aliphatic carbocycles. The molecule has 2 aromatic rings. The fourth-order valence-corrected chi connectivity index (χ4v) is 3.81. The molecule has 0 amide bonds. The SMILES string of the molecule is COc1ccc2cc(CNCC3CCCO3)c(N3CCCC3)nc2c1. The Labute approximate surface area is 149 Å². The van der Waals surface area contributed by atoms with Crippen molar-refractivity contribution in [1.82, 2.24) is 10.3 Å². The predicted molar refractivity (Wildman–Crippen MR) is 100 cm³/mol. The van der Waals surface area contributed by atoms with Gasteiger partial charge in [-0.2, -0.15) is 0 Å². The lowest BCUT2D eigenvalue weighted by molar-refractivity contribution is 0.110. The van der Waals surface area contributed by atoms with Gasteiger partial charge in [0.05, 0.1) is 18.7 Å². The number of benzene rings is 1. The summed E-state index contributed by atoms with van der Waals surface area (Å²) >= 11 is 0. The van der Waals surface area contributed by atoms with E-state index in [0.29, 0.717) is 6.10 Å². The zero-order valence-corrected chi connectivity index (χ0v) is 15.0. The van der Waals surface area contributed by atoms with Gasteiger partial charge in [-0.1, -0.05) is 0 Å². The van der Waals surface area contributed by atoms with E-state index in [1.54, 1.807) is 7.11 Å². The second kappa shape index (κ2) is 7.58. The Kier molecular flexibility index (Phi) is 5.04. The summed E-state index contributed by atoms with van der Waals surface area (Å²) in [6.07, 6.45) is 5.22. The van der Waals surface area contributed by atoms with Crippen LogP contribution in [0.3, 0.4) is 0 Å². The molecule has 1 aromatic carbocycles. The quantitative estimate of drug-likeness (QED) is 0.875. The summed E-state index contributed by atoms with van der Waals surface area (Å²) in [6, 6.07) is 8.40. The average Bonchev–Trinajstić information content (AvgIpc) is 3.34. The number of aromatic nitrogens is 1. The van der Waals surface area contributed by atoms with Crippen LogP contribution in [-0.2, 0) is 11.3 Å². The van der Waals surface area contributed by atoms with Crippen LogP contribution in [0.4, 0.5) is 5.82 Å². The third-order valence-electron chi connectivity index (χ3n) is 5.20. The minimum atomic E-state index is 0.368. The molecule has 1 unspecified atom stereocenters. The fourth-order valence-electron chi connectivity index (χ4n) is 3.81. The molecule has 2 saturated heterocycles. The molecule has 4 rings (SSSR count). The Bertz CT molecular complexity index is 722. The van der Waals surface area contributed by atoms with E-state index >= 15 is 0 Å². The molecular formula is C20H27N3O2. The van der Waals surface area contributed by atoms with Gasteiger partial charge in [-0.15, -0.1) is 0 Å². The van der Waals surface area contributed by atoms with E-state index in [-0.39, 0.29) is 0 Å². The summed E-state index contributed by atoms with van der Waals surface area (Å²) in [7, 11) is 1.70. The van der Waals surface area contributed by atoms with Crippen molar-refractivity contribution in [2.45, 2.75) is 38.3 Å². The van der Waals surface area contributed by atoms with Crippen LogP contribution >= 0.6 is 0 Å². The molecule has 5 nitrogen and oxygen atoms in total. The van der Waals surface area contributed by atoms with Crippen LogP contribution < -0.4 is 15.0 Å². The Morgan fingerprint density at radius 3 is 2.88 bits per heavy atom. The number of hydrogen-bond donors (Lipinski definition) is 1. The average molecular weight is 341 g/mol. The Morgan fingerprint density at radius 2 is 2.12 bits per heavy atom. The Hall–Kier alpha value is -1.85. The number of nitrogens with zero attached hydrogens (tertiary/aromatic N) is 2. The first kappa shape index (κ1) is 16.6. The zero-order chi connectivity index (χ0) is 17.1. The van der Waals surface area contributed by atoms with E-state index in [0.717, 1.165) is 55.3 Å². The number of nitrogens with one attached hydrogen (secondary N) is 1. The van der Waals surface area contributed by atoms with Crippen LogP contribution in [0.25, 0.3) is 10.9 Å². The number of pyridine rings is 1. The highest BCUT2D eigenvalue weighted by Crippen LogP contribution is 2.28. The predicted octanol–water partition coefficient (Wildman–Crippen LogP) is 3.11. The second-order valence-electron chi connectivity index (χ2n) is 6.99. The molecule has 0 saturated carbocycles. The van der Waals surface area contributed by atoms with Gasteiger partial charge in [-0.3, -0.25) is 0 Å². The van der Waals surface area contributed by atoms with Crippen molar-refractivity contribution in [3.8, 4) is 5.75 Å². The lowest BCUT2D eigenvalue weighted by Gasteiger charge is -2.21. The zero-order valence-electron chi connectivity index (χ0n) is 15.0. The third kappa shape index (κ3) is 3.72. The first-order valence-corrected chi connectivity index (χ1v) is 9.38. The van der Waals surface area contributed by atoms with Crippen molar-refractivity contribution < 1.29 is 9.47 Å². The van der Waals surface area contributed by atoms with Crippen LogP contribution in [0.1, 0.15) is 31.2 Å². The molecule has 0 radical (unpaired) electrons. The molecule has 2 fully saturated rings. The summed E-state index contributed by atoms with van der Waals surface area (Å²) in [5, 5.41) is 4.74. The van der Waals surface area contributed by atoms with Crippen LogP contribution in [0.15, 0.2) is 24.3 Å². The molecule has 5 heteroatoms. The van der Waals surface area contributed by atoms with Crippen molar-refractivity contribution >= 4 is 16.7 Å². The highest BCUT2D eigenvalue weighted by molar-refractivity contribution is 5.83. The third-order valence-corrected chi connectivity index (χ3v) is 5.20. The van der Waals surface area contributed by atoms with Crippen molar-refractivity contribution in [3.63, 3.8) is 0 Å². The monoisotopic (exact) mass is 341 g/mol. The summed E-state index contributed by atoms with van der Waals surface area (Å²) in [4.78, 5) is 7.41. The molecule has 2 aliphatic rings. The molecule has 1 N–H and O–H groups in total. The molecule has 0 bridgehead atoms. The van der Waals surface area contributed by atoms with Crippen LogP contribution in [-0.4, -0.2) is 44.4 Å². The van der Waals surface area contributed by atoms with E-state index in [2.05, 4.69) is 22.3 Å². The molecule has 1 atom stereocenters. The maximum absolute atomic E-state index is 5.71. The summed E-state index contributed by atoms with van der Waals surface area (Å²) in [5.41, 5.74) is 2.28. The number of fused-ring (bicyclic) bond motifs is 1. The molecular weight excluding hydrogens is 314 g/mol. The molecule has 0 spiro atoms. The number of hydrogen-bond acceptors (Lipinski definition) is 5. The standard InChI is InChI=1S/C20H27N3O2/c1-24-17-7-6-15-11-16(13-21-14-18-5-4-10-25-18)20(22-19(15)12-17)23-8-2-3-9-23/h6-7,11-12,18,21H,2-5,8-10,13-14H2,1H3. The van der Waals surface area contributed by atoms with E-state index in [1.165, 1.54) is 31.2 Å². The first-order chi connectivity index (χ1) is 12.3. The Morgan fingerprint density at radius 1 is 1.24 bits per heavy atom. The first-order valence-electron chi connectivity index (χ1n) is 9.38. The maximum Gasteiger partial charge on any atom is 0.133 e. The van der Waals surface area contributed by atoms with Gasteiger partial charge in [0.2, 0.25) is 0 Å². The van der Waals surface area contributed by atoms with Gasteiger partial charge in [0.1, 0.15) is 11.6 Å². The largest absolute Gasteiger partial charge is 0.497 e.